The Morgan fingerprint density at radius 2 is 0.918 bits per heavy atom. The molecule has 0 bridgehead atoms. The van der Waals surface area contributed by atoms with Crippen molar-refractivity contribution in [1.29, 1.82) is 15.8 Å². The monoisotopic (exact) mass is 930 g/mol. The lowest BCUT2D eigenvalue weighted by Gasteiger charge is -2.33. The van der Waals surface area contributed by atoms with Crippen LogP contribution in [0.2, 0.25) is 0 Å². The zero-order chi connectivity index (χ0) is 48.7. The van der Waals surface area contributed by atoms with E-state index < -0.39 is 0 Å². The predicted molar refractivity (Wildman–Crippen MR) is 298 cm³/mol. The molecule has 340 valence electrons. The molecule has 2 atom stereocenters. The summed E-state index contributed by atoms with van der Waals surface area (Å²) >= 11 is 0. The molecule has 0 amide bonds. The van der Waals surface area contributed by atoms with Gasteiger partial charge in [0.1, 0.15) is 0 Å². The van der Waals surface area contributed by atoms with Gasteiger partial charge in [0, 0.05) is 49.4 Å². The molecule has 2 aliphatic rings. The number of allylic oxidation sites excluding steroid dienone is 8. The van der Waals surface area contributed by atoms with Gasteiger partial charge < -0.3 is 13.7 Å². The van der Waals surface area contributed by atoms with Gasteiger partial charge in [0.25, 0.3) is 0 Å². The predicted octanol–water partition coefficient (Wildman–Crippen LogP) is 16.6. The number of rotatable bonds is 6. The van der Waals surface area contributed by atoms with Crippen molar-refractivity contribution in [3.8, 4) is 46.4 Å². The first kappa shape index (κ1) is 42.0. The highest BCUT2D eigenvalue weighted by Gasteiger charge is 2.36. The minimum absolute atomic E-state index is 0.226. The Kier molecular flexibility index (Phi) is 9.55. The Balaban J connectivity index is 1.34. The number of hydrogen-bond acceptors (Lipinski definition) is 3. The van der Waals surface area contributed by atoms with Crippen molar-refractivity contribution in [2.45, 2.75) is 18.8 Å². The van der Waals surface area contributed by atoms with E-state index in [9.17, 15) is 15.8 Å². The lowest BCUT2D eigenvalue weighted by Crippen LogP contribution is -2.18. The second-order valence-corrected chi connectivity index (χ2v) is 19.2. The third-order valence-corrected chi connectivity index (χ3v) is 15.3. The van der Waals surface area contributed by atoms with Gasteiger partial charge in [-0.05, 0) is 107 Å². The summed E-state index contributed by atoms with van der Waals surface area (Å²) in [5.41, 5.74) is 15.6. The molecule has 3 aromatic heterocycles. The first-order valence-corrected chi connectivity index (χ1v) is 24.8. The van der Waals surface area contributed by atoms with Crippen LogP contribution < -0.4 is 0 Å². The average molecular weight is 931 g/mol. The molecule has 0 saturated carbocycles. The fourth-order valence-corrected chi connectivity index (χ4v) is 12.1. The first-order valence-electron chi connectivity index (χ1n) is 24.8. The van der Waals surface area contributed by atoms with Crippen LogP contribution in [-0.4, -0.2) is 13.7 Å². The van der Waals surface area contributed by atoms with Gasteiger partial charge in [-0.15, -0.1) is 0 Å². The van der Waals surface area contributed by atoms with Crippen LogP contribution in [0.1, 0.15) is 35.4 Å². The van der Waals surface area contributed by atoms with Crippen LogP contribution >= 0.6 is 0 Å². The van der Waals surface area contributed by atoms with E-state index in [0.29, 0.717) is 24.0 Å². The summed E-state index contributed by atoms with van der Waals surface area (Å²) in [6.07, 6.45) is 13.9. The lowest BCUT2D eigenvalue weighted by molar-refractivity contribution is 0.833. The van der Waals surface area contributed by atoms with E-state index in [-0.39, 0.29) is 11.8 Å². The van der Waals surface area contributed by atoms with Gasteiger partial charge in [0.2, 0.25) is 0 Å². The Morgan fingerprint density at radius 1 is 0.411 bits per heavy atom. The van der Waals surface area contributed by atoms with Crippen molar-refractivity contribution in [3.63, 3.8) is 0 Å². The van der Waals surface area contributed by atoms with Crippen molar-refractivity contribution in [3.05, 3.63) is 241 Å². The van der Waals surface area contributed by atoms with E-state index >= 15 is 0 Å². The molecule has 0 N–H and O–H groups in total. The molecule has 0 fully saturated rings. The third-order valence-electron chi connectivity index (χ3n) is 15.3. The second kappa shape index (κ2) is 16.6. The number of fused-ring (bicyclic) bond motifs is 10. The number of aromatic nitrogens is 3. The first-order chi connectivity index (χ1) is 36.1. The van der Waals surface area contributed by atoms with Gasteiger partial charge >= 0.3 is 0 Å². The van der Waals surface area contributed by atoms with Gasteiger partial charge in [0.05, 0.1) is 79.9 Å². The molecule has 6 nitrogen and oxygen atoms in total. The Labute approximate surface area is 421 Å². The topological polar surface area (TPSA) is 86.2 Å². The van der Waals surface area contributed by atoms with Crippen LogP contribution in [0, 0.1) is 39.9 Å². The van der Waals surface area contributed by atoms with E-state index in [1.165, 1.54) is 0 Å². The number of para-hydroxylation sites is 5. The van der Waals surface area contributed by atoms with E-state index in [1.54, 1.807) is 0 Å². The third kappa shape index (κ3) is 6.33. The van der Waals surface area contributed by atoms with Gasteiger partial charge in [-0.2, -0.15) is 15.8 Å². The highest BCUT2D eigenvalue weighted by Crippen LogP contribution is 2.54. The summed E-state index contributed by atoms with van der Waals surface area (Å²) < 4.78 is 7.55. The van der Waals surface area contributed by atoms with Crippen LogP contribution in [0.25, 0.3) is 110 Å². The molecule has 2 unspecified atom stereocenters. The highest BCUT2D eigenvalue weighted by atomic mass is 15.1. The van der Waals surface area contributed by atoms with Crippen LogP contribution in [0.15, 0.2) is 224 Å². The molecule has 0 spiro atoms. The Morgan fingerprint density at radius 3 is 1.41 bits per heavy atom. The maximum absolute atomic E-state index is 10.4. The summed E-state index contributed by atoms with van der Waals surface area (Å²) in [4.78, 5) is 0. The Bertz CT molecular complexity index is 4490. The van der Waals surface area contributed by atoms with Crippen LogP contribution in [0.4, 0.5) is 0 Å². The molecular formula is C67H42N6. The SMILES string of the molecule is N#CC1=CCC(c2c(-c3ccc(C#N)cc3)c(C3=CCC(C#N)C=C3)c(-n3c4ccccc4c4ccccc43)c(-n3c4ccccc4c4cc5ccccc5cc43)c2-n2c3ccccc3c3ccccc32)C=C1. The van der Waals surface area contributed by atoms with Gasteiger partial charge in [-0.1, -0.05) is 158 Å². The standard InChI is InChI=1S/C67H42N6/c68-39-42-25-31-45(32-26-42)62-63(46-33-27-43(40-69)28-34-46)65(71-56-20-8-3-15-50(56)51-16-4-9-21-57(51)71)67(73-60-24-12-7-19-54(60)55-37-48-13-1-2-14-49(48)38-61(55)73)66(64(62)47-35-29-44(41-70)30-36-47)72-58-22-10-5-17-52(58)53-18-6-11-23-59(53)72/h1-29,31-33,35-38,44,46H,30,34H2. The minimum Gasteiger partial charge on any atom is -0.307 e. The number of nitrogens with zero attached hydrogens (tertiary/aromatic N) is 6. The molecule has 12 aromatic rings. The summed E-state index contributed by atoms with van der Waals surface area (Å²) in [5.74, 6) is -0.507. The molecule has 0 radical (unpaired) electrons. The second-order valence-electron chi connectivity index (χ2n) is 19.2. The largest absolute Gasteiger partial charge is 0.307 e. The molecule has 73 heavy (non-hydrogen) atoms. The van der Waals surface area contributed by atoms with Crippen LogP contribution in [-0.2, 0) is 0 Å². The normalized spacial score (nSPS) is 15.6. The molecule has 6 heteroatoms. The summed E-state index contributed by atoms with van der Waals surface area (Å²) in [6.45, 7) is 0. The molecule has 14 rings (SSSR count). The Hall–Kier alpha value is -9.93. The average Bonchev–Trinajstić information content (AvgIpc) is 4.09. The van der Waals surface area contributed by atoms with E-state index in [0.717, 1.165) is 121 Å². The zero-order valence-electron chi connectivity index (χ0n) is 39.5. The molecule has 0 aliphatic heterocycles. The van der Waals surface area contributed by atoms with E-state index in [2.05, 4.69) is 232 Å². The van der Waals surface area contributed by atoms with E-state index in [1.807, 2.05) is 18.2 Å². The summed E-state index contributed by atoms with van der Waals surface area (Å²) in [5, 5.41) is 40.1. The van der Waals surface area contributed by atoms with Gasteiger partial charge in [-0.3, -0.25) is 0 Å². The van der Waals surface area contributed by atoms with Crippen molar-refractivity contribution >= 4 is 81.8 Å². The smallest absolute Gasteiger partial charge is 0.0991 e. The summed E-state index contributed by atoms with van der Waals surface area (Å²) in [7, 11) is 0. The number of benzene rings is 9. The van der Waals surface area contributed by atoms with Gasteiger partial charge in [-0.25, -0.2) is 0 Å². The highest BCUT2D eigenvalue weighted by molar-refractivity contribution is 6.17. The minimum atomic E-state index is -0.281. The van der Waals surface area contributed by atoms with Crippen molar-refractivity contribution in [2.75, 3.05) is 0 Å². The molecule has 2 aliphatic carbocycles. The molecule has 0 saturated heterocycles. The zero-order valence-corrected chi connectivity index (χ0v) is 39.5. The number of nitriles is 3. The number of hydrogen-bond donors (Lipinski definition) is 0. The molecule has 3 heterocycles. The van der Waals surface area contributed by atoms with Crippen LogP contribution in [0.5, 0.6) is 0 Å². The lowest BCUT2D eigenvalue weighted by atomic mass is 9.78. The maximum atomic E-state index is 10.4. The fourth-order valence-electron chi connectivity index (χ4n) is 12.1. The molecule has 9 aromatic carbocycles. The van der Waals surface area contributed by atoms with Crippen LogP contribution in [0.3, 0.4) is 0 Å². The molecular weight excluding hydrogens is 889 g/mol. The van der Waals surface area contributed by atoms with Gasteiger partial charge in [0.15, 0.2) is 0 Å². The van der Waals surface area contributed by atoms with Crippen molar-refractivity contribution in [2.24, 2.45) is 5.92 Å². The summed E-state index contributed by atoms with van der Waals surface area (Å²) in [6, 6.07) is 72.5. The van der Waals surface area contributed by atoms with Crippen molar-refractivity contribution < 1.29 is 0 Å². The maximum Gasteiger partial charge on any atom is 0.0991 e. The fraction of sp³-hybridized carbons (Fsp3) is 0.0597. The quantitative estimate of drug-likeness (QED) is 0.166. The van der Waals surface area contributed by atoms with E-state index in [4.69, 9.17) is 0 Å². The van der Waals surface area contributed by atoms with Crippen molar-refractivity contribution in [1.82, 2.24) is 13.7 Å².